The third-order valence-electron chi connectivity index (χ3n) is 4.87. The quantitative estimate of drug-likeness (QED) is 0.772. The zero-order chi connectivity index (χ0) is 13.1. The Balaban J connectivity index is 1.66. The molecule has 1 aromatic carbocycles. The van der Waals surface area contributed by atoms with Crippen LogP contribution in [-0.4, -0.2) is 18.1 Å². The minimum atomic E-state index is -0.173. The monoisotopic (exact) mass is 253 g/mol. The first-order valence-electron chi connectivity index (χ1n) is 6.61. The highest BCUT2D eigenvalue weighted by Crippen LogP contribution is 2.74. The second-order valence-corrected chi connectivity index (χ2v) is 5.99. The summed E-state index contributed by atoms with van der Waals surface area (Å²) in [5, 5.41) is 1.17. The van der Waals surface area contributed by atoms with Crippen LogP contribution in [0.5, 0.6) is 0 Å². The fourth-order valence-electron chi connectivity index (χ4n) is 3.92. The van der Waals surface area contributed by atoms with Gasteiger partial charge in [-0.05, 0) is 42.4 Å². The van der Waals surface area contributed by atoms with Gasteiger partial charge in [-0.2, -0.15) is 0 Å². The van der Waals surface area contributed by atoms with E-state index < -0.39 is 0 Å². The largest absolute Gasteiger partial charge is 0.469 e. The minimum absolute atomic E-state index is 0.0340. The summed E-state index contributed by atoms with van der Waals surface area (Å²) in [5.74, 6) is -0.0340. The Kier molecular flexibility index (Phi) is 1.93. The molecule has 1 aromatic heterocycles. The van der Waals surface area contributed by atoms with E-state index >= 15 is 0 Å². The molecule has 3 nitrogen and oxygen atoms in total. The van der Waals surface area contributed by atoms with Crippen LogP contribution in [0.2, 0.25) is 0 Å². The van der Waals surface area contributed by atoms with Gasteiger partial charge in [0.05, 0.1) is 18.0 Å². The Bertz CT molecular complexity index is 672. The summed E-state index contributed by atoms with van der Waals surface area (Å²) < 4.78 is 4.89. The number of carbonyl (C=O) groups is 1. The minimum Gasteiger partial charge on any atom is -0.469 e. The lowest BCUT2D eigenvalue weighted by atomic mass is 9.33. The first-order chi connectivity index (χ1) is 9.17. The molecule has 0 N–H and O–H groups in total. The molecule has 96 valence electrons. The Morgan fingerprint density at radius 2 is 2.05 bits per heavy atom. The van der Waals surface area contributed by atoms with Crippen LogP contribution >= 0.6 is 0 Å². The first kappa shape index (κ1) is 11.0. The fraction of sp³-hybridized carbons (Fsp3) is 0.375. The second kappa shape index (κ2) is 3.35. The van der Waals surface area contributed by atoms with Crippen LogP contribution in [0.3, 0.4) is 0 Å². The molecule has 1 heterocycles. The number of hydrogen-bond acceptors (Lipinski definition) is 3. The standard InChI is InChI=1S/C16H15NO2/c1-19-14(18)16-8-15(9-16,10-16)12-5-4-11-3-2-6-17-13(11)7-12/h2-7H,8-10H2,1H3. The van der Waals surface area contributed by atoms with E-state index in [0.29, 0.717) is 0 Å². The van der Waals surface area contributed by atoms with Crippen molar-refractivity contribution >= 4 is 16.9 Å². The average molecular weight is 253 g/mol. The van der Waals surface area contributed by atoms with Gasteiger partial charge in [0.25, 0.3) is 0 Å². The smallest absolute Gasteiger partial charge is 0.311 e. The number of esters is 1. The summed E-state index contributed by atoms with van der Waals surface area (Å²) in [5.41, 5.74) is 2.40. The summed E-state index contributed by atoms with van der Waals surface area (Å²) in [7, 11) is 1.48. The van der Waals surface area contributed by atoms with Crippen molar-refractivity contribution in [3.63, 3.8) is 0 Å². The number of ether oxygens (including phenoxy) is 1. The maximum Gasteiger partial charge on any atom is 0.311 e. The van der Waals surface area contributed by atoms with Gasteiger partial charge in [0.2, 0.25) is 0 Å². The highest BCUT2D eigenvalue weighted by atomic mass is 16.5. The summed E-state index contributed by atoms with van der Waals surface area (Å²) in [6.07, 6.45) is 4.63. The van der Waals surface area contributed by atoms with E-state index in [9.17, 15) is 4.79 Å². The van der Waals surface area contributed by atoms with Crippen molar-refractivity contribution in [2.45, 2.75) is 24.7 Å². The molecule has 0 unspecified atom stereocenters. The van der Waals surface area contributed by atoms with E-state index in [-0.39, 0.29) is 16.8 Å². The summed E-state index contributed by atoms with van der Waals surface area (Å²) >= 11 is 0. The summed E-state index contributed by atoms with van der Waals surface area (Å²) in [6.45, 7) is 0. The number of aromatic nitrogens is 1. The maximum absolute atomic E-state index is 11.7. The van der Waals surface area contributed by atoms with Gasteiger partial charge in [-0.3, -0.25) is 9.78 Å². The lowest BCUT2D eigenvalue weighted by Gasteiger charge is -2.68. The molecule has 3 fully saturated rings. The molecule has 0 aliphatic heterocycles. The zero-order valence-corrected chi connectivity index (χ0v) is 10.8. The number of benzene rings is 1. The molecule has 2 bridgehead atoms. The SMILES string of the molecule is COC(=O)C12CC(c3ccc4cccnc4c3)(C1)C2. The molecular formula is C16H15NO2. The van der Waals surface area contributed by atoms with E-state index in [1.54, 1.807) is 0 Å². The van der Waals surface area contributed by atoms with Crippen LogP contribution in [0.4, 0.5) is 0 Å². The van der Waals surface area contributed by atoms with E-state index in [4.69, 9.17) is 4.74 Å². The van der Waals surface area contributed by atoms with Crippen molar-refractivity contribution in [2.24, 2.45) is 5.41 Å². The van der Waals surface area contributed by atoms with Crippen molar-refractivity contribution in [3.05, 3.63) is 42.1 Å². The molecule has 3 heteroatoms. The van der Waals surface area contributed by atoms with Crippen molar-refractivity contribution in [3.8, 4) is 0 Å². The van der Waals surface area contributed by atoms with E-state index in [1.807, 2.05) is 12.3 Å². The molecule has 0 atom stereocenters. The van der Waals surface area contributed by atoms with Gasteiger partial charge in [-0.25, -0.2) is 0 Å². The lowest BCUT2D eigenvalue weighted by molar-refractivity contribution is -0.198. The number of carbonyl (C=O) groups excluding carboxylic acids is 1. The second-order valence-electron chi connectivity index (χ2n) is 5.99. The molecule has 0 saturated heterocycles. The number of nitrogens with zero attached hydrogens (tertiary/aromatic N) is 1. The third kappa shape index (κ3) is 1.28. The molecule has 3 aliphatic rings. The topological polar surface area (TPSA) is 39.2 Å². The van der Waals surface area contributed by atoms with Gasteiger partial charge >= 0.3 is 5.97 Å². The number of pyridine rings is 1. The van der Waals surface area contributed by atoms with Crippen LogP contribution in [-0.2, 0) is 14.9 Å². The molecule has 0 amide bonds. The summed E-state index contributed by atoms with van der Waals surface area (Å²) in [4.78, 5) is 16.1. The molecule has 3 aliphatic carbocycles. The number of rotatable bonds is 2. The Hall–Kier alpha value is -1.90. The van der Waals surface area contributed by atoms with Gasteiger partial charge in [0.15, 0.2) is 0 Å². The average Bonchev–Trinajstić information content (AvgIpc) is 2.35. The Morgan fingerprint density at radius 3 is 2.79 bits per heavy atom. The molecule has 5 rings (SSSR count). The van der Waals surface area contributed by atoms with Crippen molar-refractivity contribution in [2.75, 3.05) is 7.11 Å². The molecule has 0 spiro atoms. The molecule has 2 aromatic rings. The number of methoxy groups -OCH3 is 1. The molecular weight excluding hydrogens is 238 g/mol. The lowest BCUT2D eigenvalue weighted by Crippen LogP contribution is -2.68. The van der Waals surface area contributed by atoms with E-state index in [0.717, 1.165) is 24.8 Å². The van der Waals surface area contributed by atoms with Crippen molar-refractivity contribution < 1.29 is 9.53 Å². The van der Waals surface area contributed by atoms with Crippen LogP contribution in [0, 0.1) is 5.41 Å². The van der Waals surface area contributed by atoms with Crippen molar-refractivity contribution in [1.82, 2.24) is 4.98 Å². The number of hydrogen-bond donors (Lipinski definition) is 0. The highest BCUT2D eigenvalue weighted by Gasteiger charge is 2.72. The van der Waals surface area contributed by atoms with E-state index in [1.165, 1.54) is 18.1 Å². The Morgan fingerprint density at radius 1 is 1.26 bits per heavy atom. The normalized spacial score (nSPS) is 31.4. The van der Waals surface area contributed by atoms with Gasteiger partial charge < -0.3 is 4.74 Å². The first-order valence-corrected chi connectivity index (χ1v) is 6.61. The van der Waals surface area contributed by atoms with E-state index in [2.05, 4.69) is 29.2 Å². The molecule has 3 saturated carbocycles. The van der Waals surface area contributed by atoms with Gasteiger partial charge in [0.1, 0.15) is 0 Å². The van der Waals surface area contributed by atoms with Crippen molar-refractivity contribution in [1.29, 1.82) is 0 Å². The van der Waals surface area contributed by atoms with Gasteiger partial charge in [-0.15, -0.1) is 0 Å². The van der Waals surface area contributed by atoms with Crippen LogP contribution < -0.4 is 0 Å². The number of fused-ring (bicyclic) bond motifs is 1. The predicted octanol–water partition coefficient (Wildman–Crippen LogP) is 2.83. The molecule has 0 radical (unpaired) electrons. The van der Waals surface area contributed by atoms with Gasteiger partial charge in [0, 0.05) is 11.6 Å². The molecule has 19 heavy (non-hydrogen) atoms. The van der Waals surface area contributed by atoms with Gasteiger partial charge in [-0.1, -0.05) is 18.2 Å². The maximum atomic E-state index is 11.7. The zero-order valence-electron chi connectivity index (χ0n) is 10.8. The van der Waals surface area contributed by atoms with Crippen LogP contribution in [0.15, 0.2) is 36.5 Å². The highest BCUT2D eigenvalue weighted by molar-refractivity contribution is 5.84. The van der Waals surface area contributed by atoms with Crippen LogP contribution in [0.25, 0.3) is 10.9 Å². The fourth-order valence-corrected chi connectivity index (χ4v) is 3.92. The third-order valence-corrected chi connectivity index (χ3v) is 4.87. The summed E-state index contributed by atoms with van der Waals surface area (Å²) in [6, 6.07) is 10.5. The predicted molar refractivity (Wildman–Crippen MR) is 71.7 cm³/mol. The van der Waals surface area contributed by atoms with Crippen LogP contribution in [0.1, 0.15) is 24.8 Å². The Labute approximate surface area is 111 Å².